The number of fused-ring (bicyclic) bond motifs is 1. The van der Waals surface area contributed by atoms with Crippen LogP contribution in [0.4, 0.5) is 0 Å². The Morgan fingerprint density at radius 3 is 2.62 bits per heavy atom. The average molecular weight is 218 g/mol. The van der Waals surface area contributed by atoms with Crippen molar-refractivity contribution in [3.05, 3.63) is 35.9 Å². The fourth-order valence-electron chi connectivity index (χ4n) is 1.71. The molecule has 0 fully saturated rings. The second kappa shape index (κ2) is 3.73. The van der Waals surface area contributed by atoms with Crippen LogP contribution >= 0.6 is 0 Å². The van der Waals surface area contributed by atoms with Gasteiger partial charge < -0.3 is 14.9 Å². The van der Waals surface area contributed by atoms with Gasteiger partial charge in [-0.3, -0.25) is 0 Å². The Kier molecular flexibility index (Phi) is 2.40. The maximum atomic E-state index is 11.0. The molecule has 0 atom stereocenters. The normalized spacial score (nSPS) is 10.3. The molecular formula is C12H10O4. The molecule has 0 spiro atoms. The monoisotopic (exact) mass is 218 g/mol. The fraction of sp³-hybridized carbons (Fsp3) is 0.0833. The third kappa shape index (κ3) is 1.44. The van der Waals surface area contributed by atoms with Crippen LogP contribution in [-0.2, 0) is 0 Å². The number of rotatable bonds is 2. The average Bonchev–Trinajstić information content (AvgIpc) is 2.27. The molecule has 2 aromatic rings. The second-order valence-corrected chi connectivity index (χ2v) is 3.32. The van der Waals surface area contributed by atoms with Crippen molar-refractivity contribution >= 4 is 16.7 Å². The van der Waals surface area contributed by atoms with Crippen LogP contribution in [0.3, 0.4) is 0 Å². The van der Waals surface area contributed by atoms with Gasteiger partial charge in [-0.2, -0.15) is 0 Å². The number of hydrogen-bond donors (Lipinski definition) is 2. The van der Waals surface area contributed by atoms with E-state index in [0.717, 1.165) is 0 Å². The number of aromatic carboxylic acids is 1. The zero-order valence-electron chi connectivity index (χ0n) is 8.60. The summed E-state index contributed by atoms with van der Waals surface area (Å²) in [6.07, 6.45) is 0. The van der Waals surface area contributed by atoms with Crippen molar-refractivity contribution in [3.8, 4) is 11.5 Å². The lowest BCUT2D eigenvalue weighted by Crippen LogP contribution is -1.98. The van der Waals surface area contributed by atoms with Gasteiger partial charge in [-0.15, -0.1) is 0 Å². The summed E-state index contributed by atoms with van der Waals surface area (Å²) in [6, 6.07) is 7.73. The van der Waals surface area contributed by atoms with Crippen molar-refractivity contribution in [1.82, 2.24) is 0 Å². The molecule has 0 aliphatic heterocycles. The lowest BCUT2D eigenvalue weighted by Gasteiger charge is -2.09. The van der Waals surface area contributed by atoms with Crippen LogP contribution < -0.4 is 4.74 Å². The first-order chi connectivity index (χ1) is 7.65. The van der Waals surface area contributed by atoms with E-state index in [1.807, 2.05) is 0 Å². The maximum absolute atomic E-state index is 11.0. The molecule has 2 rings (SSSR count). The largest absolute Gasteiger partial charge is 0.507 e. The summed E-state index contributed by atoms with van der Waals surface area (Å²) in [4.78, 5) is 11.0. The van der Waals surface area contributed by atoms with Gasteiger partial charge in [0.15, 0.2) is 0 Å². The number of carbonyl (C=O) groups is 1. The van der Waals surface area contributed by atoms with Gasteiger partial charge in [0.2, 0.25) is 0 Å². The number of hydrogen-bond acceptors (Lipinski definition) is 3. The molecule has 0 aliphatic carbocycles. The predicted octanol–water partition coefficient (Wildman–Crippen LogP) is 2.25. The smallest absolute Gasteiger partial charge is 0.336 e. The minimum Gasteiger partial charge on any atom is -0.507 e. The summed E-state index contributed by atoms with van der Waals surface area (Å²) in [7, 11) is 1.47. The van der Waals surface area contributed by atoms with Crippen LogP contribution in [0.5, 0.6) is 11.5 Å². The SMILES string of the molecule is COc1ccc(C(=O)O)c2cccc(O)c12. The molecule has 0 radical (unpaired) electrons. The van der Waals surface area contributed by atoms with E-state index in [1.165, 1.54) is 25.3 Å². The maximum Gasteiger partial charge on any atom is 0.336 e. The number of aromatic hydroxyl groups is 1. The molecule has 0 bridgehead atoms. The Morgan fingerprint density at radius 1 is 1.25 bits per heavy atom. The molecule has 0 amide bonds. The summed E-state index contributed by atoms with van der Waals surface area (Å²) >= 11 is 0. The van der Waals surface area contributed by atoms with E-state index in [-0.39, 0.29) is 11.3 Å². The van der Waals surface area contributed by atoms with E-state index in [4.69, 9.17) is 9.84 Å². The quantitative estimate of drug-likeness (QED) is 0.811. The highest BCUT2D eigenvalue weighted by molar-refractivity contribution is 6.07. The van der Waals surface area contributed by atoms with Gasteiger partial charge >= 0.3 is 5.97 Å². The summed E-state index contributed by atoms with van der Waals surface area (Å²) in [5, 5.41) is 19.6. The van der Waals surface area contributed by atoms with Crippen LogP contribution in [0.25, 0.3) is 10.8 Å². The van der Waals surface area contributed by atoms with Gasteiger partial charge in [-0.05, 0) is 18.2 Å². The van der Waals surface area contributed by atoms with Crippen molar-refractivity contribution in [2.45, 2.75) is 0 Å². The molecule has 16 heavy (non-hydrogen) atoms. The number of phenols is 1. The Morgan fingerprint density at radius 2 is 2.00 bits per heavy atom. The topological polar surface area (TPSA) is 66.8 Å². The number of benzene rings is 2. The van der Waals surface area contributed by atoms with E-state index >= 15 is 0 Å². The van der Waals surface area contributed by atoms with E-state index in [1.54, 1.807) is 12.1 Å². The lowest BCUT2D eigenvalue weighted by atomic mass is 10.0. The zero-order valence-corrected chi connectivity index (χ0v) is 8.60. The first kappa shape index (κ1) is 10.3. The van der Waals surface area contributed by atoms with Gasteiger partial charge in [-0.1, -0.05) is 12.1 Å². The second-order valence-electron chi connectivity index (χ2n) is 3.32. The van der Waals surface area contributed by atoms with E-state index in [2.05, 4.69) is 0 Å². The number of carboxylic acids is 1. The van der Waals surface area contributed by atoms with Gasteiger partial charge in [0.1, 0.15) is 11.5 Å². The van der Waals surface area contributed by atoms with Crippen molar-refractivity contribution < 1.29 is 19.7 Å². The highest BCUT2D eigenvalue weighted by Crippen LogP contribution is 2.35. The van der Waals surface area contributed by atoms with Crippen molar-refractivity contribution in [1.29, 1.82) is 0 Å². The molecule has 0 aliphatic rings. The predicted molar refractivity (Wildman–Crippen MR) is 59.1 cm³/mol. The van der Waals surface area contributed by atoms with E-state index in [9.17, 15) is 9.90 Å². The van der Waals surface area contributed by atoms with Gasteiger partial charge in [0.05, 0.1) is 18.1 Å². The van der Waals surface area contributed by atoms with Gasteiger partial charge in [0, 0.05) is 5.39 Å². The number of phenolic OH excluding ortho intramolecular Hbond substituents is 1. The van der Waals surface area contributed by atoms with Crippen LogP contribution in [0.15, 0.2) is 30.3 Å². The molecule has 82 valence electrons. The molecule has 2 N–H and O–H groups in total. The molecule has 0 aromatic heterocycles. The van der Waals surface area contributed by atoms with E-state index < -0.39 is 5.97 Å². The molecule has 4 heteroatoms. The fourth-order valence-corrected chi connectivity index (χ4v) is 1.71. The molecule has 0 unspecified atom stereocenters. The Hall–Kier alpha value is -2.23. The zero-order chi connectivity index (χ0) is 11.7. The van der Waals surface area contributed by atoms with Crippen molar-refractivity contribution in [2.24, 2.45) is 0 Å². The van der Waals surface area contributed by atoms with Crippen molar-refractivity contribution in [3.63, 3.8) is 0 Å². The van der Waals surface area contributed by atoms with Crippen LogP contribution in [0.1, 0.15) is 10.4 Å². The first-order valence-electron chi connectivity index (χ1n) is 4.67. The minimum atomic E-state index is -1.03. The van der Waals surface area contributed by atoms with Crippen LogP contribution in [0, 0.1) is 0 Å². The van der Waals surface area contributed by atoms with Crippen molar-refractivity contribution in [2.75, 3.05) is 7.11 Å². The van der Waals surface area contributed by atoms with Crippen LogP contribution in [0.2, 0.25) is 0 Å². The van der Waals surface area contributed by atoms with Gasteiger partial charge in [0.25, 0.3) is 0 Å². The van der Waals surface area contributed by atoms with Crippen LogP contribution in [-0.4, -0.2) is 23.3 Å². The Balaban J connectivity index is 2.91. The molecule has 0 saturated heterocycles. The summed E-state index contributed by atoms with van der Waals surface area (Å²) in [6.45, 7) is 0. The number of methoxy groups -OCH3 is 1. The molecular weight excluding hydrogens is 208 g/mol. The standard InChI is InChI=1S/C12H10O4/c1-16-10-6-5-8(12(14)15)7-3-2-4-9(13)11(7)10/h2-6,13H,1H3,(H,14,15). The highest BCUT2D eigenvalue weighted by atomic mass is 16.5. The lowest BCUT2D eigenvalue weighted by molar-refractivity contribution is 0.0699. The highest BCUT2D eigenvalue weighted by Gasteiger charge is 2.13. The third-order valence-electron chi connectivity index (χ3n) is 2.43. The molecule has 0 saturated carbocycles. The Labute approximate surface area is 91.7 Å². The van der Waals surface area contributed by atoms with Gasteiger partial charge in [-0.25, -0.2) is 4.79 Å². The molecule has 2 aromatic carbocycles. The minimum absolute atomic E-state index is 0.0115. The number of ether oxygens (including phenoxy) is 1. The van der Waals surface area contributed by atoms with E-state index in [0.29, 0.717) is 16.5 Å². The Bertz CT molecular complexity index is 560. The first-order valence-corrected chi connectivity index (χ1v) is 4.67. The third-order valence-corrected chi connectivity index (χ3v) is 2.43. The summed E-state index contributed by atoms with van der Waals surface area (Å²) < 4.78 is 5.09. The molecule has 0 heterocycles. The molecule has 4 nitrogen and oxygen atoms in total. The summed E-state index contributed by atoms with van der Waals surface area (Å²) in [5.74, 6) is -0.561. The summed E-state index contributed by atoms with van der Waals surface area (Å²) in [5.41, 5.74) is 0.145. The number of carboxylic acid groups (broad SMARTS) is 1.